The average molecular weight is 357 g/mol. The molecule has 2 saturated heterocycles. The summed E-state index contributed by atoms with van der Waals surface area (Å²) in [4.78, 5) is 25.9. The molecule has 1 aromatic carbocycles. The Kier molecular flexibility index (Phi) is 4.82. The Hall–Kier alpha value is -3.05. The molecule has 0 aromatic heterocycles. The fourth-order valence-electron chi connectivity index (χ4n) is 2.73. The molecule has 1 aromatic rings. The first-order valence-electron chi connectivity index (χ1n) is 8.20. The lowest BCUT2D eigenvalue weighted by Gasteiger charge is -2.30. The summed E-state index contributed by atoms with van der Waals surface area (Å²) >= 11 is 0. The van der Waals surface area contributed by atoms with Crippen LogP contribution in [-0.2, 0) is 23.8 Å². The first-order chi connectivity index (χ1) is 12.4. The number of morpholine rings is 1. The number of benzene rings is 1. The molecular formula is C18H19N3O5. The van der Waals surface area contributed by atoms with Crippen molar-refractivity contribution in [2.45, 2.75) is 19.6 Å². The molecule has 3 rings (SSSR count). The van der Waals surface area contributed by atoms with E-state index in [1.807, 2.05) is 6.07 Å². The molecule has 0 saturated carbocycles. The second-order valence-corrected chi connectivity index (χ2v) is 6.32. The van der Waals surface area contributed by atoms with Gasteiger partial charge in [0.2, 0.25) is 0 Å². The van der Waals surface area contributed by atoms with Gasteiger partial charge >= 0.3 is 11.9 Å². The van der Waals surface area contributed by atoms with Gasteiger partial charge in [-0.15, -0.1) is 0 Å². The lowest BCUT2D eigenvalue weighted by molar-refractivity contribution is -0.222. The van der Waals surface area contributed by atoms with Gasteiger partial charge in [-0.1, -0.05) is 0 Å². The van der Waals surface area contributed by atoms with Crippen LogP contribution in [0.4, 0.5) is 11.4 Å². The van der Waals surface area contributed by atoms with Crippen molar-refractivity contribution in [2.24, 2.45) is 0 Å². The van der Waals surface area contributed by atoms with Crippen LogP contribution in [0, 0.1) is 11.3 Å². The predicted octanol–water partition coefficient (Wildman–Crippen LogP) is 1.53. The van der Waals surface area contributed by atoms with E-state index < -0.39 is 17.7 Å². The van der Waals surface area contributed by atoms with Gasteiger partial charge < -0.3 is 24.4 Å². The SMILES string of the molecule is CC1(C)OC(=O)C(=CNc2ccc(N3CCOCC3)c(C#N)c2)C(=O)O1. The standard InChI is InChI=1S/C18H19N3O5/c1-18(2)25-16(22)14(17(23)26-18)11-20-13-3-4-15(12(9-13)10-19)21-5-7-24-8-6-21/h3-4,9,11,20H,5-8H2,1-2H3. The molecular weight excluding hydrogens is 338 g/mol. The molecule has 0 unspecified atom stereocenters. The van der Waals surface area contributed by atoms with Crippen molar-refractivity contribution in [3.8, 4) is 6.07 Å². The van der Waals surface area contributed by atoms with Gasteiger partial charge in [-0.3, -0.25) is 0 Å². The van der Waals surface area contributed by atoms with Crippen LogP contribution >= 0.6 is 0 Å². The zero-order chi connectivity index (χ0) is 18.7. The van der Waals surface area contributed by atoms with Crippen LogP contribution in [0.25, 0.3) is 0 Å². The number of rotatable bonds is 3. The Morgan fingerprint density at radius 2 is 1.85 bits per heavy atom. The summed E-state index contributed by atoms with van der Waals surface area (Å²) in [6.45, 7) is 5.65. The maximum atomic E-state index is 11.9. The molecule has 2 aliphatic heterocycles. The number of hydrogen-bond donors (Lipinski definition) is 1. The Morgan fingerprint density at radius 1 is 1.19 bits per heavy atom. The zero-order valence-electron chi connectivity index (χ0n) is 14.6. The monoisotopic (exact) mass is 357 g/mol. The van der Waals surface area contributed by atoms with E-state index in [1.165, 1.54) is 20.0 Å². The number of nitrogens with one attached hydrogen (secondary N) is 1. The van der Waals surface area contributed by atoms with Crippen LogP contribution in [0.15, 0.2) is 30.0 Å². The number of esters is 2. The number of carbonyl (C=O) groups excluding carboxylic acids is 2. The molecule has 8 heteroatoms. The topological polar surface area (TPSA) is 101 Å². The lowest BCUT2D eigenvalue weighted by atomic mass is 10.1. The van der Waals surface area contributed by atoms with Gasteiger partial charge in [-0.05, 0) is 18.2 Å². The summed E-state index contributed by atoms with van der Waals surface area (Å²) in [7, 11) is 0. The van der Waals surface area contributed by atoms with Crippen LogP contribution in [-0.4, -0.2) is 44.0 Å². The molecule has 1 N–H and O–H groups in total. The molecule has 2 aliphatic rings. The minimum atomic E-state index is -1.28. The fraction of sp³-hybridized carbons (Fsp3) is 0.389. The summed E-state index contributed by atoms with van der Waals surface area (Å²) in [5.41, 5.74) is 1.65. The molecule has 0 atom stereocenters. The van der Waals surface area contributed by atoms with E-state index in [0.29, 0.717) is 24.5 Å². The van der Waals surface area contributed by atoms with Crippen molar-refractivity contribution in [3.63, 3.8) is 0 Å². The van der Waals surface area contributed by atoms with Gasteiger partial charge in [-0.25, -0.2) is 9.59 Å². The third kappa shape index (κ3) is 3.78. The first kappa shape index (κ1) is 17.8. The van der Waals surface area contributed by atoms with E-state index in [4.69, 9.17) is 14.2 Å². The highest BCUT2D eigenvalue weighted by molar-refractivity contribution is 6.15. The number of ether oxygens (including phenoxy) is 3. The van der Waals surface area contributed by atoms with Crippen LogP contribution < -0.4 is 10.2 Å². The summed E-state index contributed by atoms with van der Waals surface area (Å²) in [5, 5.41) is 12.3. The van der Waals surface area contributed by atoms with Gasteiger partial charge in [0, 0.05) is 38.8 Å². The molecule has 0 amide bonds. The van der Waals surface area contributed by atoms with Crippen molar-refractivity contribution in [2.75, 3.05) is 36.5 Å². The molecule has 0 radical (unpaired) electrons. The number of nitrogens with zero attached hydrogens (tertiary/aromatic N) is 2. The third-order valence-corrected chi connectivity index (χ3v) is 3.97. The number of anilines is 2. The van der Waals surface area contributed by atoms with Gasteiger partial charge in [0.25, 0.3) is 5.79 Å². The maximum Gasteiger partial charge on any atom is 0.350 e. The van der Waals surface area contributed by atoms with Crippen molar-refractivity contribution in [3.05, 3.63) is 35.5 Å². The minimum Gasteiger partial charge on any atom is -0.419 e. The number of hydrogen-bond acceptors (Lipinski definition) is 8. The summed E-state index contributed by atoms with van der Waals surface area (Å²) in [6, 6.07) is 7.43. The first-order valence-corrected chi connectivity index (χ1v) is 8.20. The highest BCUT2D eigenvalue weighted by Gasteiger charge is 2.38. The molecule has 8 nitrogen and oxygen atoms in total. The Labute approximate surface area is 150 Å². The van der Waals surface area contributed by atoms with E-state index in [1.54, 1.807) is 12.1 Å². The van der Waals surface area contributed by atoms with E-state index in [0.717, 1.165) is 18.8 Å². The van der Waals surface area contributed by atoms with E-state index in [-0.39, 0.29) is 5.57 Å². The van der Waals surface area contributed by atoms with Crippen molar-refractivity contribution < 1.29 is 23.8 Å². The Balaban J connectivity index is 1.77. The summed E-state index contributed by atoms with van der Waals surface area (Å²) < 4.78 is 15.4. The Bertz CT molecular complexity index is 782. The van der Waals surface area contributed by atoms with Crippen molar-refractivity contribution in [1.82, 2.24) is 0 Å². The normalized spacial score (nSPS) is 19.3. The van der Waals surface area contributed by atoms with E-state index in [2.05, 4.69) is 16.3 Å². The Morgan fingerprint density at radius 3 is 2.46 bits per heavy atom. The molecule has 2 fully saturated rings. The quantitative estimate of drug-likeness (QED) is 0.494. The number of nitriles is 1. The maximum absolute atomic E-state index is 11.9. The lowest BCUT2D eigenvalue weighted by Crippen LogP contribution is -2.42. The summed E-state index contributed by atoms with van der Waals surface area (Å²) in [6.07, 6.45) is 1.23. The predicted molar refractivity (Wildman–Crippen MR) is 92.2 cm³/mol. The third-order valence-electron chi connectivity index (χ3n) is 3.97. The highest BCUT2D eigenvalue weighted by atomic mass is 16.7. The van der Waals surface area contributed by atoms with Crippen molar-refractivity contribution >= 4 is 23.3 Å². The van der Waals surface area contributed by atoms with Crippen molar-refractivity contribution in [1.29, 1.82) is 5.26 Å². The van der Waals surface area contributed by atoms with Crippen LogP contribution in [0.2, 0.25) is 0 Å². The van der Waals surface area contributed by atoms with Crippen LogP contribution in [0.1, 0.15) is 19.4 Å². The average Bonchev–Trinajstić information content (AvgIpc) is 2.60. The highest BCUT2D eigenvalue weighted by Crippen LogP contribution is 2.26. The van der Waals surface area contributed by atoms with Crippen LogP contribution in [0.3, 0.4) is 0 Å². The second kappa shape index (κ2) is 7.06. The summed E-state index contributed by atoms with van der Waals surface area (Å²) in [5.74, 6) is -2.80. The van der Waals surface area contributed by atoms with Gasteiger partial charge in [0.1, 0.15) is 6.07 Å². The molecule has 136 valence electrons. The van der Waals surface area contributed by atoms with Gasteiger partial charge in [0.05, 0.1) is 24.5 Å². The molecule has 26 heavy (non-hydrogen) atoms. The molecule has 2 heterocycles. The zero-order valence-corrected chi connectivity index (χ0v) is 14.6. The molecule has 0 bridgehead atoms. The smallest absolute Gasteiger partial charge is 0.350 e. The van der Waals surface area contributed by atoms with Gasteiger partial charge in [0.15, 0.2) is 5.57 Å². The van der Waals surface area contributed by atoms with E-state index in [9.17, 15) is 14.9 Å². The van der Waals surface area contributed by atoms with E-state index >= 15 is 0 Å². The molecule has 0 spiro atoms. The largest absolute Gasteiger partial charge is 0.419 e. The van der Waals surface area contributed by atoms with Crippen LogP contribution in [0.5, 0.6) is 0 Å². The van der Waals surface area contributed by atoms with Gasteiger partial charge in [-0.2, -0.15) is 5.26 Å². The number of cyclic esters (lactones) is 2. The number of carbonyl (C=O) groups is 2. The fourth-order valence-corrected chi connectivity index (χ4v) is 2.73. The minimum absolute atomic E-state index is 0.236. The second-order valence-electron chi connectivity index (χ2n) is 6.32. The molecule has 0 aliphatic carbocycles.